The van der Waals surface area contributed by atoms with Gasteiger partial charge in [-0.15, -0.1) is 23.1 Å². The molecule has 6 heteroatoms. The highest BCUT2D eigenvalue weighted by atomic mass is 32.2. The monoisotopic (exact) mass is 364 g/mol. The van der Waals surface area contributed by atoms with Crippen molar-refractivity contribution in [1.29, 1.82) is 0 Å². The van der Waals surface area contributed by atoms with E-state index in [1.807, 2.05) is 29.6 Å². The molecule has 0 fully saturated rings. The Morgan fingerprint density at radius 3 is 2.83 bits per heavy atom. The maximum atomic E-state index is 14.2. The van der Waals surface area contributed by atoms with Crippen LogP contribution in [0.4, 0.5) is 8.78 Å². The molecule has 0 unspecified atom stereocenters. The van der Waals surface area contributed by atoms with Crippen LogP contribution in [0, 0.1) is 11.6 Å². The third-order valence-corrected chi connectivity index (χ3v) is 5.68. The topological polar surface area (TPSA) is 26.3 Å². The number of carbonyl (C=O) groups is 1. The lowest BCUT2D eigenvalue weighted by atomic mass is 10.1. The predicted octanol–water partition coefficient (Wildman–Crippen LogP) is 5.65. The average molecular weight is 364 g/mol. The van der Waals surface area contributed by atoms with Gasteiger partial charge in [0.1, 0.15) is 0 Å². The van der Waals surface area contributed by atoms with E-state index in [9.17, 15) is 13.6 Å². The number of carbonyl (C=O) groups excluding carboxylic acids is 1. The summed E-state index contributed by atoms with van der Waals surface area (Å²) >= 11 is 2.97. The number of thiophene rings is 1. The molecule has 0 aliphatic rings. The van der Waals surface area contributed by atoms with Gasteiger partial charge < -0.3 is 4.74 Å². The van der Waals surface area contributed by atoms with Crippen molar-refractivity contribution in [2.45, 2.75) is 17.6 Å². The number of fused-ring (bicyclic) bond motifs is 1. The van der Waals surface area contributed by atoms with E-state index in [0.717, 1.165) is 21.0 Å². The van der Waals surface area contributed by atoms with Gasteiger partial charge in [-0.05, 0) is 42.0 Å². The van der Waals surface area contributed by atoms with Crippen LogP contribution in [-0.2, 0) is 10.5 Å². The molecule has 0 aliphatic heterocycles. The highest BCUT2D eigenvalue weighted by Gasteiger charge is 2.20. The van der Waals surface area contributed by atoms with E-state index in [1.54, 1.807) is 18.3 Å². The number of ether oxygens (including phenoxy) is 1. The highest BCUT2D eigenvalue weighted by Crippen LogP contribution is 2.35. The van der Waals surface area contributed by atoms with Gasteiger partial charge >= 0.3 is 5.97 Å². The maximum absolute atomic E-state index is 14.2. The van der Waals surface area contributed by atoms with Crippen molar-refractivity contribution in [2.24, 2.45) is 0 Å². The minimum Gasteiger partial charge on any atom is -0.462 e. The Hall–Kier alpha value is -1.92. The van der Waals surface area contributed by atoms with Crippen LogP contribution in [-0.4, -0.2) is 12.6 Å². The van der Waals surface area contributed by atoms with Gasteiger partial charge in [-0.1, -0.05) is 12.1 Å². The minimum absolute atomic E-state index is 0.0343. The number of esters is 1. The van der Waals surface area contributed by atoms with Crippen molar-refractivity contribution in [3.8, 4) is 0 Å². The molecular formula is C18H14F2O2S2. The SMILES string of the molecule is CCOC(=O)c1ccc(F)c(F)c1CSc1cccc2ccsc12. The van der Waals surface area contributed by atoms with E-state index >= 15 is 0 Å². The minimum atomic E-state index is -0.994. The molecule has 0 spiro atoms. The van der Waals surface area contributed by atoms with E-state index in [1.165, 1.54) is 17.8 Å². The molecule has 1 heterocycles. The summed E-state index contributed by atoms with van der Waals surface area (Å²) in [4.78, 5) is 13.0. The Bertz CT molecular complexity index is 890. The molecule has 24 heavy (non-hydrogen) atoms. The molecule has 2 nitrogen and oxygen atoms in total. The lowest BCUT2D eigenvalue weighted by molar-refractivity contribution is 0.0524. The molecule has 3 rings (SSSR count). The smallest absolute Gasteiger partial charge is 0.338 e. The van der Waals surface area contributed by atoms with E-state index in [0.29, 0.717) is 0 Å². The lowest BCUT2D eigenvalue weighted by Crippen LogP contribution is -2.10. The van der Waals surface area contributed by atoms with Crippen LogP contribution in [0.5, 0.6) is 0 Å². The second kappa shape index (κ2) is 7.32. The maximum Gasteiger partial charge on any atom is 0.338 e. The summed E-state index contributed by atoms with van der Waals surface area (Å²) in [5.41, 5.74) is 0.105. The molecule has 1 aromatic heterocycles. The lowest BCUT2D eigenvalue weighted by Gasteiger charge is -2.11. The van der Waals surface area contributed by atoms with Crippen molar-refractivity contribution < 1.29 is 18.3 Å². The normalized spacial score (nSPS) is 11.0. The highest BCUT2D eigenvalue weighted by molar-refractivity contribution is 7.98. The van der Waals surface area contributed by atoms with Gasteiger partial charge in [0.2, 0.25) is 0 Å². The van der Waals surface area contributed by atoms with Crippen LogP contribution in [0.2, 0.25) is 0 Å². The summed E-state index contributed by atoms with van der Waals surface area (Å²) < 4.78 is 33.9. The number of thioether (sulfide) groups is 1. The number of hydrogen-bond donors (Lipinski definition) is 0. The van der Waals surface area contributed by atoms with Gasteiger partial charge in [0, 0.05) is 20.9 Å². The fourth-order valence-electron chi connectivity index (χ4n) is 2.36. The Kier molecular flexibility index (Phi) is 5.16. The van der Waals surface area contributed by atoms with Gasteiger partial charge in [-0.2, -0.15) is 0 Å². The number of halogens is 2. The predicted molar refractivity (Wildman–Crippen MR) is 93.7 cm³/mol. The standard InChI is InChI=1S/C18H14F2O2S2/c1-2-22-18(21)12-6-7-14(19)16(20)13(12)10-24-15-5-3-4-11-8-9-23-17(11)15/h3-9H,2,10H2,1H3. The first-order valence-electron chi connectivity index (χ1n) is 7.34. The Labute approximate surface area is 146 Å². The van der Waals surface area contributed by atoms with Gasteiger partial charge in [-0.3, -0.25) is 0 Å². The zero-order valence-corrected chi connectivity index (χ0v) is 14.5. The zero-order valence-electron chi connectivity index (χ0n) is 12.8. The fraction of sp³-hybridized carbons (Fsp3) is 0.167. The van der Waals surface area contributed by atoms with Gasteiger partial charge in [-0.25, -0.2) is 13.6 Å². The molecule has 0 atom stereocenters. The largest absolute Gasteiger partial charge is 0.462 e. The molecule has 3 aromatic rings. The molecule has 0 aliphatic carbocycles. The summed E-state index contributed by atoms with van der Waals surface area (Å²) in [6.45, 7) is 1.85. The molecule has 0 N–H and O–H groups in total. The number of hydrogen-bond acceptors (Lipinski definition) is 4. The molecule has 2 aromatic carbocycles. The van der Waals surface area contributed by atoms with E-state index in [-0.39, 0.29) is 23.5 Å². The van der Waals surface area contributed by atoms with Crippen LogP contribution >= 0.6 is 23.1 Å². The first kappa shape index (κ1) is 16.9. The van der Waals surface area contributed by atoms with Crippen molar-refractivity contribution in [1.82, 2.24) is 0 Å². The zero-order chi connectivity index (χ0) is 17.1. The fourth-order valence-corrected chi connectivity index (χ4v) is 4.50. The summed E-state index contributed by atoms with van der Waals surface area (Å²) in [5.74, 6) is -2.45. The quantitative estimate of drug-likeness (QED) is 0.432. The summed E-state index contributed by atoms with van der Waals surface area (Å²) in [6.07, 6.45) is 0. The molecule has 0 saturated heterocycles. The van der Waals surface area contributed by atoms with Crippen molar-refractivity contribution in [3.63, 3.8) is 0 Å². The molecule has 0 radical (unpaired) electrons. The van der Waals surface area contributed by atoms with Crippen LogP contribution in [0.1, 0.15) is 22.8 Å². The van der Waals surface area contributed by atoms with Crippen LogP contribution < -0.4 is 0 Å². The van der Waals surface area contributed by atoms with Crippen molar-refractivity contribution >= 4 is 39.2 Å². The average Bonchev–Trinajstić information content (AvgIpc) is 3.05. The molecule has 124 valence electrons. The number of benzene rings is 2. The van der Waals surface area contributed by atoms with Crippen LogP contribution in [0.3, 0.4) is 0 Å². The van der Waals surface area contributed by atoms with Gasteiger partial charge in [0.05, 0.1) is 12.2 Å². The molecular weight excluding hydrogens is 350 g/mol. The summed E-state index contributed by atoms with van der Waals surface area (Å²) in [5, 5.41) is 3.09. The third kappa shape index (κ3) is 3.30. The van der Waals surface area contributed by atoms with Crippen LogP contribution in [0.25, 0.3) is 10.1 Å². The second-order valence-electron chi connectivity index (χ2n) is 4.99. The molecule has 0 amide bonds. The summed E-state index contributed by atoms with van der Waals surface area (Å²) in [7, 11) is 0. The van der Waals surface area contributed by atoms with Crippen molar-refractivity contribution in [3.05, 3.63) is 64.5 Å². The first-order chi connectivity index (χ1) is 11.6. The third-order valence-electron chi connectivity index (χ3n) is 3.51. The van der Waals surface area contributed by atoms with E-state index < -0.39 is 17.6 Å². The Morgan fingerprint density at radius 1 is 1.21 bits per heavy atom. The van der Waals surface area contributed by atoms with Gasteiger partial charge in [0.15, 0.2) is 11.6 Å². The molecule has 0 saturated carbocycles. The Balaban J connectivity index is 1.93. The van der Waals surface area contributed by atoms with Crippen molar-refractivity contribution in [2.75, 3.05) is 6.61 Å². The first-order valence-corrected chi connectivity index (χ1v) is 9.21. The summed E-state index contributed by atoms with van der Waals surface area (Å²) in [6, 6.07) is 10.1. The second-order valence-corrected chi connectivity index (χ2v) is 6.93. The van der Waals surface area contributed by atoms with Gasteiger partial charge in [0.25, 0.3) is 0 Å². The Morgan fingerprint density at radius 2 is 2.04 bits per heavy atom. The van der Waals surface area contributed by atoms with E-state index in [4.69, 9.17) is 4.74 Å². The van der Waals surface area contributed by atoms with Crippen LogP contribution in [0.15, 0.2) is 46.7 Å². The van der Waals surface area contributed by atoms with E-state index in [2.05, 4.69) is 0 Å². The number of rotatable bonds is 5. The molecule has 0 bridgehead atoms.